The van der Waals surface area contributed by atoms with Gasteiger partial charge in [0.1, 0.15) is 5.82 Å². The van der Waals surface area contributed by atoms with E-state index in [9.17, 15) is 17.9 Å². The van der Waals surface area contributed by atoms with Crippen LogP contribution in [0.5, 0.6) is 0 Å². The van der Waals surface area contributed by atoms with Gasteiger partial charge in [0.2, 0.25) is 0 Å². The Morgan fingerprint density at radius 1 is 1.45 bits per heavy atom. The van der Waals surface area contributed by atoms with Gasteiger partial charge in [-0.25, -0.2) is 12.8 Å². The van der Waals surface area contributed by atoms with Crippen LogP contribution in [0.3, 0.4) is 0 Å². The van der Waals surface area contributed by atoms with Crippen LogP contribution >= 0.6 is 0 Å². The van der Waals surface area contributed by atoms with Crippen LogP contribution in [-0.4, -0.2) is 38.1 Å². The summed E-state index contributed by atoms with van der Waals surface area (Å²) in [6, 6.07) is 2.87. The molecule has 1 aromatic rings. The summed E-state index contributed by atoms with van der Waals surface area (Å²) in [7, 11) is -1.18. The highest BCUT2D eigenvalue weighted by molar-refractivity contribution is 7.91. The Hall–Kier alpha value is -1.14. The van der Waals surface area contributed by atoms with Crippen LogP contribution in [0.25, 0.3) is 0 Å². The van der Waals surface area contributed by atoms with Gasteiger partial charge in [-0.2, -0.15) is 0 Å². The van der Waals surface area contributed by atoms with Crippen molar-refractivity contribution in [3.8, 4) is 0 Å². The van der Waals surface area contributed by atoms with Gasteiger partial charge in [0.15, 0.2) is 9.84 Å². The van der Waals surface area contributed by atoms with E-state index in [2.05, 4.69) is 0 Å². The lowest BCUT2D eigenvalue weighted by Gasteiger charge is -2.29. The third kappa shape index (κ3) is 2.96. The van der Waals surface area contributed by atoms with E-state index in [1.807, 2.05) is 4.90 Å². The third-order valence-electron chi connectivity index (χ3n) is 3.89. The standard InChI is InChI=1S/C14H20FNO3S/c1-9-6-14(12(10(2)17)7-13(9)15)16(3)11-4-5-20(18,19)8-11/h6-7,10-11,17H,4-5,8H2,1-3H3/t10-,11?/m0/s1. The molecule has 0 aliphatic carbocycles. The van der Waals surface area contributed by atoms with Gasteiger partial charge in [-0.05, 0) is 38.0 Å². The number of rotatable bonds is 3. The van der Waals surface area contributed by atoms with Crippen molar-refractivity contribution in [2.75, 3.05) is 23.5 Å². The molecular formula is C14H20FNO3S. The van der Waals surface area contributed by atoms with E-state index >= 15 is 0 Å². The quantitative estimate of drug-likeness (QED) is 0.925. The average molecular weight is 301 g/mol. The molecule has 20 heavy (non-hydrogen) atoms. The summed E-state index contributed by atoms with van der Waals surface area (Å²) < 4.78 is 36.8. The molecule has 2 atom stereocenters. The summed E-state index contributed by atoms with van der Waals surface area (Å²) in [6.07, 6.45) is -0.241. The molecule has 1 N–H and O–H groups in total. The fraction of sp³-hybridized carbons (Fsp3) is 0.571. The molecule has 112 valence electrons. The second kappa shape index (κ2) is 5.33. The maximum atomic E-state index is 13.7. The first-order valence-electron chi connectivity index (χ1n) is 6.62. The predicted molar refractivity (Wildman–Crippen MR) is 77.2 cm³/mol. The molecule has 4 nitrogen and oxygen atoms in total. The molecule has 0 saturated carbocycles. The van der Waals surface area contributed by atoms with Crippen LogP contribution in [0, 0.1) is 12.7 Å². The van der Waals surface area contributed by atoms with Crippen LogP contribution in [-0.2, 0) is 9.84 Å². The third-order valence-corrected chi connectivity index (χ3v) is 5.64. The average Bonchev–Trinajstić information content (AvgIpc) is 2.71. The number of anilines is 1. The Bertz CT molecular complexity index is 613. The van der Waals surface area contributed by atoms with Gasteiger partial charge in [0, 0.05) is 24.3 Å². The van der Waals surface area contributed by atoms with Gasteiger partial charge in [-0.1, -0.05) is 0 Å². The van der Waals surface area contributed by atoms with Crippen LogP contribution in [0.15, 0.2) is 12.1 Å². The van der Waals surface area contributed by atoms with Crippen molar-refractivity contribution in [1.82, 2.24) is 0 Å². The largest absolute Gasteiger partial charge is 0.389 e. The summed E-state index contributed by atoms with van der Waals surface area (Å²) in [5.74, 6) is -0.0668. The van der Waals surface area contributed by atoms with Crippen LogP contribution < -0.4 is 4.90 Å². The second-order valence-corrected chi connectivity index (χ2v) is 7.73. The minimum atomic E-state index is -2.98. The number of aliphatic hydroxyl groups is 1. The Morgan fingerprint density at radius 2 is 2.10 bits per heavy atom. The fourth-order valence-electron chi connectivity index (χ4n) is 2.60. The molecule has 1 unspecified atom stereocenters. The van der Waals surface area contributed by atoms with E-state index in [-0.39, 0.29) is 23.4 Å². The Morgan fingerprint density at radius 3 is 2.60 bits per heavy atom. The van der Waals surface area contributed by atoms with E-state index in [1.54, 1.807) is 27.0 Å². The molecule has 0 amide bonds. The first kappa shape index (κ1) is 15.3. The van der Waals surface area contributed by atoms with Crippen molar-refractivity contribution in [2.24, 2.45) is 0 Å². The molecule has 0 bridgehead atoms. The lowest BCUT2D eigenvalue weighted by atomic mass is 10.0. The van der Waals surface area contributed by atoms with E-state index in [0.717, 1.165) is 0 Å². The molecule has 1 aromatic carbocycles. The normalized spacial score (nSPS) is 22.8. The summed E-state index contributed by atoms with van der Waals surface area (Å²) in [6.45, 7) is 3.23. The van der Waals surface area contributed by atoms with Gasteiger partial charge in [0.25, 0.3) is 0 Å². The Labute approximate surface area is 119 Å². The van der Waals surface area contributed by atoms with Gasteiger partial charge >= 0.3 is 0 Å². The van der Waals surface area contributed by atoms with Gasteiger partial charge in [-0.3, -0.25) is 0 Å². The van der Waals surface area contributed by atoms with Crippen molar-refractivity contribution in [2.45, 2.75) is 32.4 Å². The highest BCUT2D eigenvalue weighted by Gasteiger charge is 2.32. The molecule has 6 heteroatoms. The van der Waals surface area contributed by atoms with Crippen molar-refractivity contribution < 1.29 is 17.9 Å². The smallest absolute Gasteiger partial charge is 0.152 e. The summed E-state index contributed by atoms with van der Waals surface area (Å²) in [5.41, 5.74) is 1.66. The summed E-state index contributed by atoms with van der Waals surface area (Å²) in [5, 5.41) is 9.80. The molecule has 1 saturated heterocycles. The number of hydrogen-bond acceptors (Lipinski definition) is 4. The van der Waals surface area contributed by atoms with Crippen molar-refractivity contribution in [1.29, 1.82) is 0 Å². The second-order valence-electron chi connectivity index (χ2n) is 5.50. The molecule has 0 spiro atoms. The zero-order chi connectivity index (χ0) is 15.1. The fourth-order valence-corrected chi connectivity index (χ4v) is 4.37. The number of hydrogen-bond donors (Lipinski definition) is 1. The summed E-state index contributed by atoms with van der Waals surface area (Å²) >= 11 is 0. The minimum absolute atomic E-state index is 0.110. The van der Waals surface area contributed by atoms with Crippen LogP contribution in [0.2, 0.25) is 0 Å². The van der Waals surface area contributed by atoms with Crippen molar-refractivity contribution in [3.05, 3.63) is 29.1 Å². The van der Waals surface area contributed by atoms with Gasteiger partial charge < -0.3 is 10.0 Å². The molecule has 2 rings (SSSR count). The first-order chi connectivity index (χ1) is 9.21. The zero-order valence-electron chi connectivity index (χ0n) is 11.9. The number of aliphatic hydroxyl groups excluding tert-OH is 1. The molecular weight excluding hydrogens is 281 g/mol. The number of aryl methyl sites for hydroxylation is 1. The van der Waals surface area contributed by atoms with Gasteiger partial charge in [-0.15, -0.1) is 0 Å². The minimum Gasteiger partial charge on any atom is -0.389 e. The molecule has 0 aromatic heterocycles. The van der Waals surface area contributed by atoms with E-state index in [0.29, 0.717) is 23.2 Å². The van der Waals surface area contributed by atoms with E-state index in [4.69, 9.17) is 0 Å². The summed E-state index contributed by atoms with van der Waals surface area (Å²) in [4.78, 5) is 1.85. The highest BCUT2D eigenvalue weighted by atomic mass is 32.2. The van der Waals surface area contributed by atoms with Crippen LogP contribution in [0.1, 0.15) is 30.6 Å². The van der Waals surface area contributed by atoms with Gasteiger partial charge in [0.05, 0.1) is 17.6 Å². The lowest BCUT2D eigenvalue weighted by Crippen LogP contribution is -2.33. The Balaban J connectivity index is 2.39. The molecule has 1 aliphatic heterocycles. The predicted octanol–water partition coefficient (Wildman–Crippen LogP) is 1.81. The Kier molecular flexibility index (Phi) is 4.07. The van der Waals surface area contributed by atoms with Crippen molar-refractivity contribution in [3.63, 3.8) is 0 Å². The van der Waals surface area contributed by atoms with Crippen LogP contribution in [0.4, 0.5) is 10.1 Å². The first-order valence-corrected chi connectivity index (χ1v) is 8.45. The molecule has 1 fully saturated rings. The van der Waals surface area contributed by atoms with Crippen molar-refractivity contribution >= 4 is 15.5 Å². The monoisotopic (exact) mass is 301 g/mol. The van der Waals surface area contributed by atoms with E-state index in [1.165, 1.54) is 6.07 Å². The molecule has 1 heterocycles. The molecule has 1 aliphatic rings. The molecule has 0 radical (unpaired) electrons. The maximum absolute atomic E-state index is 13.7. The highest BCUT2D eigenvalue weighted by Crippen LogP contribution is 2.31. The zero-order valence-corrected chi connectivity index (χ0v) is 12.7. The number of sulfone groups is 1. The number of nitrogens with zero attached hydrogens (tertiary/aromatic N) is 1. The number of benzene rings is 1. The SMILES string of the molecule is Cc1cc(N(C)C2CCS(=O)(=O)C2)c([C@H](C)O)cc1F. The maximum Gasteiger partial charge on any atom is 0.152 e. The van der Waals surface area contributed by atoms with E-state index < -0.39 is 15.9 Å². The number of halogens is 1. The topological polar surface area (TPSA) is 57.6 Å². The lowest BCUT2D eigenvalue weighted by molar-refractivity contribution is 0.199.